The van der Waals surface area contributed by atoms with Crippen LogP contribution >= 0.6 is 0 Å². The number of esters is 2. The van der Waals surface area contributed by atoms with Gasteiger partial charge in [-0.15, -0.1) is 0 Å². The van der Waals surface area contributed by atoms with E-state index in [4.69, 9.17) is 14.2 Å². The van der Waals surface area contributed by atoms with E-state index in [1.807, 2.05) is 0 Å². The van der Waals surface area contributed by atoms with Crippen molar-refractivity contribution in [1.82, 2.24) is 0 Å². The molecule has 0 bridgehead atoms. The van der Waals surface area contributed by atoms with Crippen molar-refractivity contribution in [3.05, 3.63) is 36.5 Å². The first-order chi connectivity index (χ1) is 22.4. The first-order valence-electron chi connectivity index (χ1n) is 19.0. The Labute approximate surface area is 282 Å². The summed E-state index contributed by atoms with van der Waals surface area (Å²) in [5, 5.41) is 10.0. The number of ether oxygens (including phenoxy) is 3. The van der Waals surface area contributed by atoms with E-state index in [-0.39, 0.29) is 25.2 Å². The summed E-state index contributed by atoms with van der Waals surface area (Å²) in [5.41, 5.74) is 0. The van der Waals surface area contributed by atoms with Gasteiger partial charge in [0.15, 0.2) is 0 Å². The highest BCUT2D eigenvalue weighted by atomic mass is 16.6. The minimum atomic E-state index is -0.989. The Hall–Kier alpha value is -1.92. The van der Waals surface area contributed by atoms with Gasteiger partial charge in [-0.25, -0.2) is 0 Å². The Morgan fingerprint density at radius 1 is 0.630 bits per heavy atom. The van der Waals surface area contributed by atoms with Gasteiger partial charge in [-0.2, -0.15) is 0 Å². The fourth-order valence-corrected chi connectivity index (χ4v) is 5.42. The van der Waals surface area contributed by atoms with Gasteiger partial charge < -0.3 is 19.3 Å². The third-order valence-electron chi connectivity index (χ3n) is 8.46. The van der Waals surface area contributed by atoms with Crippen molar-refractivity contribution in [3.63, 3.8) is 0 Å². The minimum absolute atomic E-state index is 0.136. The Bertz CT molecular complexity index is 817. The number of allylic oxidation sites excluding steroid dienone is 4. The summed E-state index contributed by atoms with van der Waals surface area (Å²) in [7, 11) is 0. The molecule has 1 N–H and O–H groups in total. The van der Waals surface area contributed by atoms with E-state index in [1.54, 1.807) is 0 Å². The predicted molar refractivity (Wildman–Crippen MR) is 191 cm³/mol. The molecule has 0 aromatic heterocycles. The van der Waals surface area contributed by atoms with Crippen molar-refractivity contribution in [2.45, 2.75) is 187 Å². The lowest BCUT2D eigenvalue weighted by atomic mass is 10.0. The van der Waals surface area contributed by atoms with Crippen molar-refractivity contribution in [3.8, 4) is 0 Å². The number of aliphatic hydroxyl groups excluding tert-OH is 1. The topological polar surface area (TPSA) is 85.4 Å². The molecule has 0 aromatic carbocycles. The van der Waals surface area contributed by atoms with Crippen LogP contribution in [0.25, 0.3) is 0 Å². The summed E-state index contributed by atoms with van der Waals surface area (Å²) in [4.78, 5) is 23.9. The number of aliphatic hydroxyl groups is 1. The number of carbonyl (C=O) groups is 2. The van der Waals surface area contributed by atoms with E-state index in [0.717, 1.165) is 50.9 Å². The molecule has 2 unspecified atom stereocenters. The number of unbranched alkanes of at least 4 members (excludes halogenated alkanes) is 14. The molecule has 3 atom stereocenters. The van der Waals surface area contributed by atoms with E-state index in [0.29, 0.717) is 31.5 Å². The van der Waals surface area contributed by atoms with Crippen LogP contribution in [0.4, 0.5) is 0 Å². The second-order valence-electron chi connectivity index (χ2n) is 13.6. The zero-order valence-electron chi connectivity index (χ0n) is 29.9. The summed E-state index contributed by atoms with van der Waals surface area (Å²) >= 11 is 0. The fourth-order valence-electron chi connectivity index (χ4n) is 5.42. The van der Waals surface area contributed by atoms with Crippen molar-refractivity contribution >= 4 is 11.9 Å². The third-order valence-corrected chi connectivity index (χ3v) is 8.46. The lowest BCUT2D eigenvalue weighted by molar-refractivity contribution is -0.152. The first kappa shape index (κ1) is 42.1. The number of epoxide rings is 1. The summed E-state index contributed by atoms with van der Waals surface area (Å²) < 4.78 is 16.0. The van der Waals surface area contributed by atoms with Gasteiger partial charge in [0, 0.05) is 12.8 Å². The summed E-state index contributed by atoms with van der Waals surface area (Å²) in [5.74, 6) is 0.195. The van der Waals surface area contributed by atoms with Crippen LogP contribution in [0.3, 0.4) is 0 Å². The SMILES string of the molecule is CCCCC/C=C\C/C=C\CC1OC1C/C=C\CCCC(=O)OC[C@@H](O)COC(=O)CCCCCCCCCCCCCC(C)C. The smallest absolute Gasteiger partial charge is 0.305 e. The van der Waals surface area contributed by atoms with Crippen LogP contribution in [-0.4, -0.2) is 48.6 Å². The van der Waals surface area contributed by atoms with Crippen LogP contribution in [0, 0.1) is 5.92 Å². The summed E-state index contributed by atoms with van der Waals surface area (Å²) in [6.45, 7) is 6.54. The molecule has 266 valence electrons. The van der Waals surface area contributed by atoms with Gasteiger partial charge in [-0.1, -0.05) is 141 Å². The molecule has 1 rings (SSSR count). The van der Waals surface area contributed by atoms with Gasteiger partial charge >= 0.3 is 11.9 Å². The summed E-state index contributed by atoms with van der Waals surface area (Å²) in [6.07, 6.45) is 38.0. The number of hydrogen-bond donors (Lipinski definition) is 1. The van der Waals surface area contributed by atoms with Crippen LogP contribution in [0.1, 0.15) is 168 Å². The normalized spacial score (nSPS) is 17.1. The van der Waals surface area contributed by atoms with Crippen molar-refractivity contribution in [2.75, 3.05) is 13.2 Å². The second kappa shape index (κ2) is 30.4. The van der Waals surface area contributed by atoms with Crippen LogP contribution in [0.2, 0.25) is 0 Å². The highest BCUT2D eigenvalue weighted by Gasteiger charge is 2.35. The average Bonchev–Trinajstić information content (AvgIpc) is 3.79. The molecule has 0 radical (unpaired) electrons. The maximum absolute atomic E-state index is 12.0. The first-order valence-corrected chi connectivity index (χ1v) is 19.0. The van der Waals surface area contributed by atoms with Crippen LogP contribution in [0.5, 0.6) is 0 Å². The minimum Gasteiger partial charge on any atom is -0.463 e. The van der Waals surface area contributed by atoms with Gasteiger partial charge in [0.25, 0.3) is 0 Å². The zero-order chi connectivity index (χ0) is 33.5. The molecule has 6 heteroatoms. The quantitative estimate of drug-likeness (QED) is 0.0339. The molecule has 0 aromatic rings. The van der Waals surface area contributed by atoms with Gasteiger partial charge in [0.2, 0.25) is 0 Å². The highest BCUT2D eigenvalue weighted by Crippen LogP contribution is 2.29. The predicted octanol–water partition coefficient (Wildman–Crippen LogP) is 10.5. The number of hydrogen-bond acceptors (Lipinski definition) is 6. The number of rotatable bonds is 32. The van der Waals surface area contributed by atoms with Crippen molar-refractivity contribution in [1.29, 1.82) is 0 Å². The Kier molecular flexibility index (Phi) is 27.8. The Balaban J connectivity index is 1.88. The molecular formula is C40H70O6. The Morgan fingerprint density at radius 3 is 1.70 bits per heavy atom. The van der Waals surface area contributed by atoms with Gasteiger partial charge in [0.1, 0.15) is 19.3 Å². The monoisotopic (exact) mass is 647 g/mol. The molecule has 0 spiro atoms. The molecule has 6 nitrogen and oxygen atoms in total. The van der Waals surface area contributed by atoms with Crippen LogP contribution in [-0.2, 0) is 23.8 Å². The average molecular weight is 647 g/mol. The van der Waals surface area contributed by atoms with E-state index < -0.39 is 6.10 Å². The zero-order valence-corrected chi connectivity index (χ0v) is 29.9. The molecule has 46 heavy (non-hydrogen) atoms. The number of carbonyl (C=O) groups excluding carboxylic acids is 2. The highest BCUT2D eigenvalue weighted by molar-refractivity contribution is 5.69. The standard InChI is InChI=1S/C40H70O6/c1-4-5-6-7-8-12-16-19-24-29-37-38(46-37)30-25-21-22-27-32-40(43)45-34-36(41)33-44-39(42)31-26-20-17-14-11-9-10-13-15-18-23-28-35(2)3/h8,12,19,21,24-25,35-38,41H,4-7,9-11,13-18,20,22-23,26-34H2,1-3H3/b12-8-,24-19-,25-21-/t36-,37?,38?/m0/s1. The fraction of sp³-hybridized carbons (Fsp3) is 0.800. The molecule has 1 fully saturated rings. The molecule has 1 heterocycles. The molecule has 0 aliphatic carbocycles. The molecule has 0 amide bonds. The van der Waals surface area contributed by atoms with Crippen molar-refractivity contribution in [2.24, 2.45) is 5.92 Å². The van der Waals surface area contributed by atoms with Crippen molar-refractivity contribution < 1.29 is 28.9 Å². The van der Waals surface area contributed by atoms with Crippen LogP contribution in [0.15, 0.2) is 36.5 Å². The summed E-state index contributed by atoms with van der Waals surface area (Å²) in [6, 6.07) is 0. The largest absolute Gasteiger partial charge is 0.463 e. The Morgan fingerprint density at radius 2 is 1.11 bits per heavy atom. The van der Waals surface area contributed by atoms with E-state index in [2.05, 4.69) is 57.2 Å². The lowest BCUT2D eigenvalue weighted by Crippen LogP contribution is -2.25. The third kappa shape index (κ3) is 28.3. The van der Waals surface area contributed by atoms with E-state index in [1.165, 1.54) is 83.5 Å². The van der Waals surface area contributed by atoms with Gasteiger partial charge in [0.05, 0.1) is 12.2 Å². The maximum atomic E-state index is 12.0. The van der Waals surface area contributed by atoms with Gasteiger partial charge in [-0.3, -0.25) is 9.59 Å². The molecule has 0 saturated carbocycles. The molecule has 1 saturated heterocycles. The van der Waals surface area contributed by atoms with E-state index >= 15 is 0 Å². The molecule has 1 aliphatic rings. The van der Waals surface area contributed by atoms with Crippen LogP contribution < -0.4 is 0 Å². The maximum Gasteiger partial charge on any atom is 0.305 e. The second-order valence-corrected chi connectivity index (χ2v) is 13.6. The lowest BCUT2D eigenvalue weighted by Gasteiger charge is -2.12. The molecule has 1 aliphatic heterocycles. The molecular weight excluding hydrogens is 576 g/mol. The van der Waals surface area contributed by atoms with E-state index in [9.17, 15) is 14.7 Å². The van der Waals surface area contributed by atoms with Gasteiger partial charge in [-0.05, 0) is 57.3 Å².